The number of ether oxygens (including phenoxy) is 1. The second-order valence-electron chi connectivity index (χ2n) is 5.49. The first kappa shape index (κ1) is 17.7. The van der Waals surface area contributed by atoms with Gasteiger partial charge in [0.15, 0.2) is 5.16 Å². The van der Waals surface area contributed by atoms with Gasteiger partial charge >= 0.3 is 5.97 Å². The molecule has 0 saturated carbocycles. The predicted molar refractivity (Wildman–Crippen MR) is 98.6 cm³/mol. The zero-order chi connectivity index (χ0) is 18.7. The quantitative estimate of drug-likeness (QED) is 0.359. The number of H-pyrrole nitrogens is 2. The molecule has 0 radical (unpaired) electrons. The first-order valence-corrected chi connectivity index (χ1v) is 8.65. The molecule has 1 amide bonds. The van der Waals surface area contributed by atoms with Gasteiger partial charge in [-0.2, -0.15) is 0 Å². The monoisotopic (exact) mass is 372 g/mol. The van der Waals surface area contributed by atoms with Crippen LogP contribution in [0.2, 0.25) is 0 Å². The second kappa shape index (κ2) is 7.44. The van der Waals surface area contributed by atoms with Gasteiger partial charge in [-0.25, -0.2) is 9.78 Å². The Kier molecular flexibility index (Phi) is 5.08. The van der Waals surface area contributed by atoms with E-state index in [2.05, 4.69) is 25.0 Å². The number of thioether (sulfide) groups is 1. The SMILES string of the molecule is COC(=O)c1ccc(NC(=O)CSc2nc3cc(C)[nH]c3c(=O)[nH]2)cc1. The Balaban J connectivity index is 1.62. The normalized spacial score (nSPS) is 10.7. The number of hydrogen-bond acceptors (Lipinski definition) is 6. The highest BCUT2D eigenvalue weighted by Gasteiger charge is 2.10. The molecule has 3 rings (SSSR count). The number of anilines is 1. The summed E-state index contributed by atoms with van der Waals surface area (Å²) >= 11 is 1.13. The number of fused-ring (bicyclic) bond motifs is 1. The highest BCUT2D eigenvalue weighted by molar-refractivity contribution is 7.99. The molecule has 0 unspecified atom stereocenters. The van der Waals surface area contributed by atoms with Gasteiger partial charge in [-0.3, -0.25) is 14.6 Å². The number of aryl methyl sites for hydroxylation is 1. The minimum Gasteiger partial charge on any atom is -0.465 e. The molecule has 0 bridgehead atoms. The van der Waals surface area contributed by atoms with Crippen molar-refractivity contribution < 1.29 is 14.3 Å². The van der Waals surface area contributed by atoms with Crippen LogP contribution in [0.4, 0.5) is 5.69 Å². The van der Waals surface area contributed by atoms with Crippen molar-refractivity contribution in [2.24, 2.45) is 0 Å². The van der Waals surface area contributed by atoms with E-state index in [0.29, 0.717) is 27.4 Å². The zero-order valence-electron chi connectivity index (χ0n) is 14.1. The molecule has 0 spiro atoms. The van der Waals surface area contributed by atoms with Crippen LogP contribution in [0.5, 0.6) is 0 Å². The molecule has 1 aromatic carbocycles. The summed E-state index contributed by atoms with van der Waals surface area (Å²) in [7, 11) is 1.31. The fourth-order valence-electron chi connectivity index (χ4n) is 2.34. The molecule has 0 atom stereocenters. The van der Waals surface area contributed by atoms with Crippen molar-refractivity contribution in [3.8, 4) is 0 Å². The molecule has 0 aliphatic rings. The Morgan fingerprint density at radius 1 is 1.23 bits per heavy atom. The minimum absolute atomic E-state index is 0.0800. The third-order valence-electron chi connectivity index (χ3n) is 3.53. The molecule has 8 nitrogen and oxygen atoms in total. The molecule has 3 aromatic rings. The molecule has 2 heterocycles. The standard InChI is InChI=1S/C17H16N4O4S/c1-9-7-12-14(18-9)15(23)21-17(20-12)26-8-13(22)19-11-5-3-10(4-6-11)16(24)25-2/h3-7,18H,8H2,1-2H3,(H,19,22)(H,20,21,23). The second-order valence-corrected chi connectivity index (χ2v) is 6.45. The minimum atomic E-state index is -0.441. The maximum atomic E-state index is 12.1. The van der Waals surface area contributed by atoms with E-state index in [4.69, 9.17) is 0 Å². The van der Waals surface area contributed by atoms with E-state index in [1.165, 1.54) is 7.11 Å². The van der Waals surface area contributed by atoms with Crippen molar-refractivity contribution >= 4 is 40.4 Å². The number of carbonyl (C=O) groups is 2. The third-order valence-corrected chi connectivity index (χ3v) is 4.40. The van der Waals surface area contributed by atoms with Gasteiger partial charge in [0.1, 0.15) is 5.52 Å². The number of carbonyl (C=O) groups excluding carboxylic acids is 2. The fraction of sp³-hybridized carbons (Fsp3) is 0.176. The van der Waals surface area contributed by atoms with Crippen LogP contribution in [0, 0.1) is 6.92 Å². The fourth-order valence-corrected chi connectivity index (χ4v) is 3.01. The van der Waals surface area contributed by atoms with Crippen LogP contribution < -0.4 is 10.9 Å². The lowest BCUT2D eigenvalue weighted by atomic mass is 10.2. The van der Waals surface area contributed by atoms with E-state index in [9.17, 15) is 14.4 Å². The highest BCUT2D eigenvalue weighted by atomic mass is 32.2. The lowest BCUT2D eigenvalue weighted by Gasteiger charge is -2.06. The number of rotatable bonds is 5. The van der Waals surface area contributed by atoms with Gasteiger partial charge in [-0.05, 0) is 37.3 Å². The van der Waals surface area contributed by atoms with E-state index in [1.54, 1.807) is 30.3 Å². The molecular formula is C17H16N4O4S. The van der Waals surface area contributed by atoms with Crippen molar-refractivity contribution in [3.63, 3.8) is 0 Å². The van der Waals surface area contributed by atoms with Crippen molar-refractivity contribution in [1.82, 2.24) is 15.0 Å². The van der Waals surface area contributed by atoms with Crippen LogP contribution in [0.15, 0.2) is 40.3 Å². The summed E-state index contributed by atoms with van der Waals surface area (Å²) in [5.74, 6) is -0.617. The topological polar surface area (TPSA) is 117 Å². The van der Waals surface area contributed by atoms with Crippen LogP contribution in [0.25, 0.3) is 11.0 Å². The van der Waals surface area contributed by atoms with E-state index in [1.807, 2.05) is 6.92 Å². The van der Waals surface area contributed by atoms with Gasteiger partial charge in [-0.15, -0.1) is 0 Å². The van der Waals surface area contributed by atoms with E-state index >= 15 is 0 Å². The lowest BCUT2D eigenvalue weighted by Crippen LogP contribution is -2.15. The zero-order valence-corrected chi connectivity index (χ0v) is 14.9. The van der Waals surface area contributed by atoms with Gasteiger partial charge in [-0.1, -0.05) is 11.8 Å². The van der Waals surface area contributed by atoms with Crippen molar-refractivity contribution in [1.29, 1.82) is 0 Å². The van der Waals surface area contributed by atoms with Crippen LogP contribution in [-0.2, 0) is 9.53 Å². The van der Waals surface area contributed by atoms with E-state index in [0.717, 1.165) is 17.5 Å². The molecule has 0 fully saturated rings. The Labute approximate surface area is 152 Å². The van der Waals surface area contributed by atoms with E-state index in [-0.39, 0.29) is 17.2 Å². The van der Waals surface area contributed by atoms with Crippen molar-refractivity contribution in [2.75, 3.05) is 18.2 Å². The predicted octanol–water partition coefficient (Wildman–Crippen LogP) is 2.08. The average molecular weight is 372 g/mol. The summed E-state index contributed by atoms with van der Waals surface area (Å²) in [4.78, 5) is 45.3. The number of hydrogen-bond donors (Lipinski definition) is 3. The summed E-state index contributed by atoms with van der Waals surface area (Å²) in [5, 5.41) is 3.09. The summed E-state index contributed by atoms with van der Waals surface area (Å²) in [6.45, 7) is 1.84. The number of nitrogens with zero attached hydrogens (tertiary/aromatic N) is 1. The molecule has 0 aliphatic heterocycles. The number of methoxy groups -OCH3 is 1. The van der Waals surface area contributed by atoms with Crippen LogP contribution in [0.3, 0.4) is 0 Å². The Bertz CT molecular complexity index is 1020. The number of esters is 1. The van der Waals surface area contributed by atoms with E-state index < -0.39 is 5.97 Å². The highest BCUT2D eigenvalue weighted by Crippen LogP contribution is 2.16. The molecule has 9 heteroatoms. The maximum Gasteiger partial charge on any atom is 0.337 e. The maximum absolute atomic E-state index is 12.1. The molecule has 0 aliphatic carbocycles. The number of amides is 1. The lowest BCUT2D eigenvalue weighted by molar-refractivity contribution is -0.113. The van der Waals surface area contributed by atoms with Crippen LogP contribution in [-0.4, -0.2) is 39.7 Å². The summed E-state index contributed by atoms with van der Waals surface area (Å²) in [5.41, 5.74) is 2.51. The molecule has 2 aromatic heterocycles. The average Bonchev–Trinajstić information content (AvgIpc) is 3.01. The molecule has 134 valence electrons. The van der Waals surface area contributed by atoms with Gasteiger partial charge in [0, 0.05) is 11.4 Å². The molecule has 0 saturated heterocycles. The summed E-state index contributed by atoms with van der Waals surface area (Å²) in [6.07, 6.45) is 0. The summed E-state index contributed by atoms with van der Waals surface area (Å²) < 4.78 is 4.62. The smallest absolute Gasteiger partial charge is 0.337 e. The van der Waals surface area contributed by atoms with Crippen molar-refractivity contribution in [3.05, 3.63) is 51.9 Å². The summed E-state index contributed by atoms with van der Waals surface area (Å²) in [6, 6.07) is 8.14. The van der Waals surface area contributed by atoms with Crippen molar-refractivity contribution in [2.45, 2.75) is 12.1 Å². The van der Waals surface area contributed by atoms with Crippen LogP contribution >= 0.6 is 11.8 Å². The van der Waals surface area contributed by atoms with Gasteiger partial charge < -0.3 is 15.0 Å². The van der Waals surface area contributed by atoms with Gasteiger partial charge in [0.2, 0.25) is 5.91 Å². The number of aromatic amines is 2. The molecule has 3 N–H and O–H groups in total. The Morgan fingerprint density at radius 3 is 2.65 bits per heavy atom. The first-order valence-electron chi connectivity index (χ1n) is 7.67. The van der Waals surface area contributed by atoms with Gasteiger partial charge in [0.05, 0.1) is 23.9 Å². The number of nitrogens with one attached hydrogen (secondary N) is 3. The van der Waals surface area contributed by atoms with Crippen LogP contribution in [0.1, 0.15) is 16.1 Å². The Morgan fingerprint density at radius 2 is 1.96 bits per heavy atom. The number of aromatic nitrogens is 3. The Hall–Kier alpha value is -3.07. The first-order chi connectivity index (χ1) is 12.5. The molecule has 26 heavy (non-hydrogen) atoms. The van der Waals surface area contributed by atoms with Gasteiger partial charge in [0.25, 0.3) is 5.56 Å². The number of benzene rings is 1. The third kappa shape index (κ3) is 3.94. The molecular weight excluding hydrogens is 356 g/mol. The largest absolute Gasteiger partial charge is 0.465 e.